The molecular weight excluding hydrogens is 410 g/mol. The van der Waals surface area contributed by atoms with Gasteiger partial charge in [-0.25, -0.2) is 4.99 Å². The molecule has 2 aromatic carbocycles. The number of fused-ring (bicyclic) bond motifs is 1. The number of aliphatic imine (C=N–C) groups is 1. The van der Waals surface area contributed by atoms with E-state index >= 15 is 0 Å². The van der Waals surface area contributed by atoms with Crippen LogP contribution in [-0.2, 0) is 4.79 Å². The van der Waals surface area contributed by atoms with Gasteiger partial charge >= 0.3 is 0 Å². The van der Waals surface area contributed by atoms with Crippen molar-refractivity contribution in [2.24, 2.45) is 4.99 Å². The summed E-state index contributed by atoms with van der Waals surface area (Å²) in [7, 11) is 0. The standard InChI is InChI=1S/C15H8BrCl3N2O/c1-6-12(19)9(16)5-8-13(6)21-15(22)14(8)20-11-4-7(17)2-3-10(11)18/h2-5H,1H3,(H,20,21,22). The van der Waals surface area contributed by atoms with Gasteiger partial charge in [0.25, 0.3) is 5.91 Å². The van der Waals surface area contributed by atoms with E-state index in [1.54, 1.807) is 24.3 Å². The molecule has 3 rings (SSSR count). The highest BCUT2D eigenvalue weighted by Gasteiger charge is 2.29. The molecule has 0 spiro atoms. The first-order chi connectivity index (χ1) is 10.4. The van der Waals surface area contributed by atoms with E-state index < -0.39 is 0 Å². The van der Waals surface area contributed by atoms with E-state index in [2.05, 4.69) is 26.2 Å². The van der Waals surface area contributed by atoms with Gasteiger partial charge in [0.2, 0.25) is 0 Å². The van der Waals surface area contributed by atoms with Gasteiger partial charge in [-0.2, -0.15) is 0 Å². The van der Waals surface area contributed by atoms with E-state index in [-0.39, 0.29) is 11.6 Å². The summed E-state index contributed by atoms with van der Waals surface area (Å²) in [4.78, 5) is 16.6. The van der Waals surface area contributed by atoms with Crippen molar-refractivity contribution in [1.82, 2.24) is 0 Å². The van der Waals surface area contributed by atoms with Gasteiger partial charge in [-0.05, 0) is 52.7 Å². The van der Waals surface area contributed by atoms with Crippen molar-refractivity contribution >= 4 is 73.7 Å². The SMILES string of the molecule is Cc1c(Cl)c(Br)cc2c1NC(=O)C2=Nc1cc(Cl)ccc1Cl. The molecule has 1 heterocycles. The average Bonchev–Trinajstić information content (AvgIpc) is 2.77. The van der Waals surface area contributed by atoms with Crippen LogP contribution in [-0.4, -0.2) is 11.6 Å². The molecule has 1 N–H and O–H groups in total. The summed E-state index contributed by atoms with van der Waals surface area (Å²) in [5, 5.41) is 4.26. The Balaban J connectivity index is 2.21. The first-order valence-corrected chi connectivity index (χ1v) is 8.15. The molecular formula is C15H8BrCl3N2O. The van der Waals surface area contributed by atoms with Crippen LogP contribution in [0.5, 0.6) is 0 Å². The lowest BCUT2D eigenvalue weighted by Crippen LogP contribution is -2.14. The molecule has 7 heteroatoms. The number of rotatable bonds is 1. The zero-order chi connectivity index (χ0) is 16.0. The molecule has 0 unspecified atom stereocenters. The lowest BCUT2D eigenvalue weighted by Gasteiger charge is -2.07. The van der Waals surface area contributed by atoms with E-state index in [4.69, 9.17) is 34.8 Å². The predicted octanol–water partition coefficient (Wildman–Crippen LogP) is 5.79. The third-order valence-corrected chi connectivity index (χ3v) is 5.20. The monoisotopic (exact) mass is 416 g/mol. The van der Waals surface area contributed by atoms with Crippen molar-refractivity contribution in [2.75, 3.05) is 5.32 Å². The average molecular weight is 419 g/mol. The van der Waals surface area contributed by atoms with Crippen molar-refractivity contribution in [3.05, 3.63) is 54.9 Å². The second kappa shape index (κ2) is 5.85. The van der Waals surface area contributed by atoms with Gasteiger partial charge in [0.15, 0.2) is 0 Å². The Bertz CT molecular complexity index is 849. The minimum Gasteiger partial charge on any atom is -0.320 e. The number of hydrogen-bond donors (Lipinski definition) is 1. The molecule has 0 bridgehead atoms. The Labute approximate surface area is 150 Å². The Morgan fingerprint density at radius 3 is 2.64 bits per heavy atom. The maximum atomic E-state index is 12.2. The van der Waals surface area contributed by atoms with Gasteiger partial charge in [-0.3, -0.25) is 4.79 Å². The number of anilines is 1. The van der Waals surface area contributed by atoms with E-state index in [0.717, 1.165) is 5.56 Å². The summed E-state index contributed by atoms with van der Waals surface area (Å²) in [6.07, 6.45) is 0. The van der Waals surface area contributed by atoms with Crippen molar-refractivity contribution in [2.45, 2.75) is 6.92 Å². The number of carbonyl (C=O) groups is 1. The lowest BCUT2D eigenvalue weighted by molar-refractivity contribution is -0.110. The van der Waals surface area contributed by atoms with Gasteiger partial charge < -0.3 is 5.32 Å². The molecule has 1 aliphatic heterocycles. The molecule has 1 amide bonds. The Kier molecular flexibility index (Phi) is 4.21. The van der Waals surface area contributed by atoms with Crippen molar-refractivity contribution in [3.8, 4) is 0 Å². The first-order valence-electron chi connectivity index (χ1n) is 6.22. The van der Waals surface area contributed by atoms with Crippen LogP contribution in [0.25, 0.3) is 0 Å². The zero-order valence-corrected chi connectivity index (χ0v) is 15.0. The topological polar surface area (TPSA) is 41.5 Å². The van der Waals surface area contributed by atoms with Crippen LogP contribution in [0.2, 0.25) is 15.1 Å². The number of halogens is 4. The summed E-state index contributed by atoms with van der Waals surface area (Å²) in [6.45, 7) is 1.83. The number of amides is 1. The fourth-order valence-electron chi connectivity index (χ4n) is 2.20. The van der Waals surface area contributed by atoms with Crippen molar-refractivity contribution in [1.29, 1.82) is 0 Å². The molecule has 22 heavy (non-hydrogen) atoms. The number of hydrogen-bond acceptors (Lipinski definition) is 2. The Morgan fingerprint density at radius 1 is 1.18 bits per heavy atom. The van der Waals surface area contributed by atoms with E-state index in [1.165, 1.54) is 0 Å². The molecule has 0 saturated carbocycles. The highest BCUT2D eigenvalue weighted by molar-refractivity contribution is 9.10. The third-order valence-electron chi connectivity index (χ3n) is 3.30. The molecule has 1 aliphatic rings. The summed E-state index contributed by atoms with van der Waals surface area (Å²) in [5.74, 6) is -0.302. The molecule has 3 nitrogen and oxygen atoms in total. The summed E-state index contributed by atoms with van der Waals surface area (Å²) < 4.78 is 0.701. The molecule has 0 atom stereocenters. The molecule has 112 valence electrons. The van der Waals surface area contributed by atoms with Crippen molar-refractivity contribution < 1.29 is 4.79 Å². The quantitative estimate of drug-likeness (QED) is 0.626. The van der Waals surface area contributed by atoms with Crippen LogP contribution in [0.3, 0.4) is 0 Å². The minimum absolute atomic E-state index is 0.277. The first kappa shape index (κ1) is 15.8. The minimum atomic E-state index is -0.302. The van der Waals surface area contributed by atoms with Gasteiger partial charge in [0, 0.05) is 15.1 Å². The van der Waals surface area contributed by atoms with E-state index in [9.17, 15) is 4.79 Å². The lowest BCUT2D eigenvalue weighted by atomic mass is 10.1. The third kappa shape index (κ3) is 2.65. The van der Waals surface area contributed by atoms with Crippen LogP contribution in [0.1, 0.15) is 11.1 Å². The number of nitrogens with one attached hydrogen (secondary N) is 1. The number of benzene rings is 2. The fourth-order valence-corrected chi connectivity index (χ4v) is 3.20. The van der Waals surface area contributed by atoms with Crippen LogP contribution in [0.15, 0.2) is 33.7 Å². The number of nitrogens with zero attached hydrogens (tertiary/aromatic N) is 1. The van der Waals surface area contributed by atoms with Crippen LogP contribution in [0, 0.1) is 6.92 Å². The second-order valence-corrected chi connectivity index (χ2v) is 6.81. The molecule has 0 aliphatic carbocycles. The highest BCUT2D eigenvalue weighted by atomic mass is 79.9. The van der Waals surface area contributed by atoms with E-state index in [0.29, 0.717) is 36.5 Å². The van der Waals surface area contributed by atoms with Gasteiger partial charge in [-0.15, -0.1) is 0 Å². The Hall–Kier alpha value is -1.07. The zero-order valence-electron chi connectivity index (χ0n) is 11.2. The smallest absolute Gasteiger partial charge is 0.275 e. The van der Waals surface area contributed by atoms with Crippen LogP contribution < -0.4 is 5.32 Å². The molecule has 0 saturated heterocycles. The van der Waals surface area contributed by atoms with Crippen LogP contribution >= 0.6 is 50.7 Å². The largest absolute Gasteiger partial charge is 0.320 e. The summed E-state index contributed by atoms with van der Waals surface area (Å²) >= 11 is 21.6. The van der Waals surface area contributed by atoms with Crippen molar-refractivity contribution in [3.63, 3.8) is 0 Å². The van der Waals surface area contributed by atoms with Gasteiger partial charge in [0.1, 0.15) is 5.71 Å². The second-order valence-electron chi connectivity index (χ2n) is 4.73. The highest BCUT2D eigenvalue weighted by Crippen LogP contribution is 2.38. The van der Waals surface area contributed by atoms with Crippen LogP contribution in [0.4, 0.5) is 11.4 Å². The maximum absolute atomic E-state index is 12.2. The predicted molar refractivity (Wildman–Crippen MR) is 95.2 cm³/mol. The summed E-state index contributed by atoms with van der Waals surface area (Å²) in [6, 6.07) is 6.68. The molecule has 0 aromatic heterocycles. The Morgan fingerprint density at radius 2 is 1.91 bits per heavy atom. The molecule has 0 radical (unpaired) electrons. The van der Waals surface area contributed by atoms with Gasteiger partial charge in [0.05, 0.1) is 21.4 Å². The number of carbonyl (C=O) groups excluding carboxylic acids is 1. The normalized spacial score (nSPS) is 15.1. The summed E-state index contributed by atoms with van der Waals surface area (Å²) in [5.41, 5.74) is 2.84. The fraction of sp³-hybridized carbons (Fsp3) is 0.0667. The molecule has 2 aromatic rings. The molecule has 0 fully saturated rings. The van der Waals surface area contributed by atoms with Gasteiger partial charge in [-0.1, -0.05) is 34.8 Å². The maximum Gasteiger partial charge on any atom is 0.275 e. The van der Waals surface area contributed by atoms with E-state index in [1.807, 2.05) is 6.92 Å².